The molecule has 3 nitrogen and oxygen atoms in total. The van der Waals surface area contributed by atoms with Crippen LogP contribution >= 0.6 is 67.8 Å². The zero-order chi connectivity index (χ0) is 13.9. The van der Waals surface area contributed by atoms with E-state index in [-0.39, 0.29) is 5.75 Å². The zero-order valence-corrected chi connectivity index (χ0v) is 16.9. The van der Waals surface area contributed by atoms with Crippen LogP contribution in [-0.2, 0) is 10.0 Å². The molecule has 0 aliphatic carbocycles. The lowest BCUT2D eigenvalue weighted by molar-refractivity contribution is 0.602. The minimum atomic E-state index is -3.40. The van der Waals surface area contributed by atoms with E-state index in [1.54, 1.807) is 0 Å². The van der Waals surface area contributed by atoms with Gasteiger partial charge in [-0.05, 0) is 91.9 Å². The van der Waals surface area contributed by atoms with Crippen LogP contribution in [0.5, 0.6) is 0 Å². The Morgan fingerprint density at radius 3 is 2.50 bits per heavy atom. The molecule has 0 N–H and O–H groups in total. The Morgan fingerprint density at radius 1 is 1.33 bits per heavy atom. The summed E-state index contributed by atoms with van der Waals surface area (Å²) >= 11 is 6.60. The van der Waals surface area contributed by atoms with Crippen LogP contribution in [0.1, 0.15) is 18.9 Å². The summed E-state index contributed by atoms with van der Waals surface area (Å²) in [6, 6.07) is 3.93. The fourth-order valence-electron chi connectivity index (χ4n) is 1.29. The summed E-state index contributed by atoms with van der Waals surface area (Å²) in [5.41, 5.74) is 1.09. The molecule has 0 spiro atoms. The summed E-state index contributed by atoms with van der Waals surface area (Å²) in [5, 5.41) is 0. The predicted octanol–water partition coefficient (Wildman–Crippen LogP) is 4.58. The Morgan fingerprint density at radius 2 is 1.94 bits per heavy atom. The summed E-state index contributed by atoms with van der Waals surface area (Å²) in [7, 11) is -3.40. The van der Waals surface area contributed by atoms with Gasteiger partial charge in [0.25, 0.3) is 0 Å². The molecule has 1 rings (SSSR count). The number of hydrogen-bond donors (Lipinski definition) is 0. The summed E-state index contributed by atoms with van der Waals surface area (Å²) < 4.78 is 30.2. The molecule has 7 heteroatoms. The molecule has 0 aromatic heterocycles. The fraction of sp³-hybridized carbons (Fsp3) is 0.273. The topological polar surface area (TPSA) is 48.2 Å². The van der Waals surface area contributed by atoms with Crippen molar-refractivity contribution in [3.63, 3.8) is 0 Å². The van der Waals surface area contributed by atoms with Crippen LogP contribution in [-0.4, -0.2) is 14.2 Å². The maximum atomic E-state index is 11.7. The van der Waals surface area contributed by atoms with E-state index in [4.69, 9.17) is 0 Å². The first-order valence-corrected chi connectivity index (χ1v) is 9.91. The maximum absolute atomic E-state index is 11.7. The molecule has 0 fully saturated rings. The Kier molecular flexibility index (Phi) is 6.65. The molecule has 0 bridgehead atoms. The van der Waals surface area contributed by atoms with E-state index >= 15 is 0 Å². The van der Waals surface area contributed by atoms with Crippen LogP contribution in [0.2, 0.25) is 0 Å². The molecule has 0 amide bonds. The van der Waals surface area contributed by atoms with Crippen LogP contribution < -0.4 is 0 Å². The van der Waals surface area contributed by atoms with Crippen LogP contribution in [0.4, 0.5) is 0 Å². The molecule has 0 atom stereocenters. The highest BCUT2D eigenvalue weighted by atomic mass is 127. The Balaban J connectivity index is 3.06. The highest BCUT2D eigenvalue weighted by molar-refractivity contribution is 14.1. The van der Waals surface area contributed by atoms with Gasteiger partial charge in [-0.1, -0.05) is 6.92 Å². The van der Waals surface area contributed by atoms with Crippen molar-refractivity contribution in [2.45, 2.75) is 13.3 Å². The van der Waals surface area contributed by atoms with E-state index in [0.29, 0.717) is 12.1 Å². The fourth-order valence-corrected chi connectivity index (χ4v) is 4.80. The standard InChI is InChI=1S/C11H11I3NO2S/c1-3-4-18(16,17)15-7(2)9-5-8(12)6-10(13)11(9)14/h5-6H,2-4H2,1H3/q-1. The largest absolute Gasteiger partial charge is 0.577 e. The molecule has 0 saturated carbocycles. The van der Waals surface area contributed by atoms with Gasteiger partial charge in [-0.25, -0.2) is 8.42 Å². The lowest BCUT2D eigenvalue weighted by Gasteiger charge is -2.25. The van der Waals surface area contributed by atoms with Crippen molar-refractivity contribution in [2.24, 2.45) is 0 Å². The first-order valence-electron chi connectivity index (χ1n) is 5.06. The molecular formula is C11H11I3NO2S-. The van der Waals surface area contributed by atoms with Gasteiger partial charge >= 0.3 is 0 Å². The molecule has 0 heterocycles. The van der Waals surface area contributed by atoms with Gasteiger partial charge in [0.2, 0.25) is 0 Å². The van der Waals surface area contributed by atoms with Crippen LogP contribution in [0.25, 0.3) is 10.4 Å². The van der Waals surface area contributed by atoms with Gasteiger partial charge in [0.05, 0.1) is 10.0 Å². The Labute approximate surface area is 149 Å². The average molecular weight is 602 g/mol. The highest BCUT2D eigenvalue weighted by Gasteiger charge is 2.07. The SMILES string of the molecule is C=C([N-]S(=O)(=O)CCC)c1cc(I)cc(I)c1I. The predicted molar refractivity (Wildman–Crippen MR) is 101 cm³/mol. The number of rotatable bonds is 5. The van der Waals surface area contributed by atoms with E-state index < -0.39 is 10.0 Å². The zero-order valence-electron chi connectivity index (χ0n) is 9.58. The van der Waals surface area contributed by atoms with Gasteiger partial charge in [0.15, 0.2) is 0 Å². The Hall–Kier alpha value is 0.900. The molecule has 0 radical (unpaired) electrons. The second kappa shape index (κ2) is 7.07. The second-order valence-electron chi connectivity index (χ2n) is 3.57. The summed E-state index contributed by atoms with van der Waals surface area (Å²) in [5.74, 6) is 0.0591. The van der Waals surface area contributed by atoms with E-state index in [0.717, 1.165) is 16.3 Å². The number of benzene rings is 1. The van der Waals surface area contributed by atoms with Crippen molar-refractivity contribution >= 4 is 83.5 Å². The molecule has 1 aromatic rings. The highest BCUT2D eigenvalue weighted by Crippen LogP contribution is 2.31. The third kappa shape index (κ3) is 4.78. The molecular weight excluding hydrogens is 591 g/mol. The first-order chi connectivity index (χ1) is 8.26. The van der Waals surface area contributed by atoms with Gasteiger partial charge in [0.1, 0.15) is 0 Å². The molecule has 100 valence electrons. The van der Waals surface area contributed by atoms with Crippen LogP contribution in [0, 0.1) is 10.7 Å². The van der Waals surface area contributed by atoms with Crippen molar-refractivity contribution in [1.82, 2.24) is 0 Å². The normalized spacial score (nSPS) is 11.3. The molecule has 0 saturated heterocycles. The van der Waals surface area contributed by atoms with Gasteiger partial charge in [-0.15, -0.1) is 12.3 Å². The van der Waals surface area contributed by atoms with Crippen molar-refractivity contribution in [2.75, 3.05) is 5.75 Å². The lowest BCUT2D eigenvalue weighted by Crippen LogP contribution is -2.04. The molecule has 1 aromatic carbocycles. The number of sulfonamides is 1. The molecule has 0 aliphatic rings. The second-order valence-corrected chi connectivity index (χ2v) is 8.81. The first kappa shape index (κ1) is 17.0. The van der Waals surface area contributed by atoms with Crippen LogP contribution in [0.3, 0.4) is 0 Å². The minimum absolute atomic E-state index is 0.0591. The van der Waals surface area contributed by atoms with Gasteiger partial charge in [0, 0.05) is 16.5 Å². The summed E-state index contributed by atoms with van der Waals surface area (Å²) in [6.07, 6.45) is 0.556. The van der Waals surface area contributed by atoms with Gasteiger partial charge < -0.3 is 4.72 Å². The van der Waals surface area contributed by atoms with Crippen molar-refractivity contribution in [3.8, 4) is 0 Å². The summed E-state index contributed by atoms with van der Waals surface area (Å²) in [4.78, 5) is 0. The number of halogens is 3. The van der Waals surface area contributed by atoms with E-state index in [2.05, 4.69) is 79.1 Å². The van der Waals surface area contributed by atoms with Gasteiger partial charge in [-0.3, -0.25) is 0 Å². The monoisotopic (exact) mass is 602 g/mol. The molecule has 0 aliphatic heterocycles. The minimum Gasteiger partial charge on any atom is -0.577 e. The third-order valence-corrected chi connectivity index (χ3v) is 7.11. The van der Waals surface area contributed by atoms with Crippen molar-refractivity contribution in [3.05, 3.63) is 39.7 Å². The number of hydrogen-bond acceptors (Lipinski definition) is 2. The smallest absolute Gasteiger partial charge is 0.0938 e. The van der Waals surface area contributed by atoms with Crippen molar-refractivity contribution < 1.29 is 8.42 Å². The van der Waals surface area contributed by atoms with Gasteiger partial charge in [-0.2, -0.15) is 0 Å². The molecule has 18 heavy (non-hydrogen) atoms. The quantitative estimate of drug-likeness (QED) is 0.366. The maximum Gasteiger partial charge on any atom is 0.0938 e. The molecule has 0 unspecified atom stereocenters. The van der Waals surface area contributed by atoms with E-state index in [9.17, 15) is 8.42 Å². The lowest BCUT2D eigenvalue weighted by atomic mass is 10.2. The van der Waals surface area contributed by atoms with Crippen LogP contribution in [0.15, 0.2) is 18.7 Å². The summed E-state index contributed by atoms with van der Waals surface area (Å²) in [6.45, 7) is 5.59. The Bertz CT molecular complexity index is 570. The third-order valence-electron chi connectivity index (χ3n) is 2.02. The van der Waals surface area contributed by atoms with E-state index in [1.807, 2.05) is 19.1 Å². The number of nitrogens with zero attached hydrogens (tertiary/aromatic N) is 1. The van der Waals surface area contributed by atoms with E-state index in [1.165, 1.54) is 0 Å². The average Bonchev–Trinajstić information content (AvgIpc) is 2.22. The van der Waals surface area contributed by atoms with Crippen molar-refractivity contribution in [1.29, 1.82) is 0 Å².